The molecule has 0 amide bonds. The number of benzene rings is 1. The predicted molar refractivity (Wildman–Crippen MR) is 61.0 cm³/mol. The second kappa shape index (κ2) is 4.47. The van der Waals surface area contributed by atoms with E-state index in [2.05, 4.69) is 37.8 Å². The van der Waals surface area contributed by atoms with Gasteiger partial charge in [-0.25, -0.2) is 0 Å². The van der Waals surface area contributed by atoms with Crippen LogP contribution in [0.25, 0.3) is 0 Å². The molecule has 0 saturated heterocycles. The Kier molecular flexibility index (Phi) is 3.53. The highest BCUT2D eigenvalue weighted by atomic mass is 16.3. The second-order valence-electron chi connectivity index (χ2n) is 3.80. The zero-order valence-electron chi connectivity index (χ0n) is 9.46. The average molecular weight is 193 g/mol. The lowest BCUT2D eigenvalue weighted by Gasteiger charge is -2.22. The summed E-state index contributed by atoms with van der Waals surface area (Å²) in [6, 6.07) is 4.25. The maximum atomic E-state index is 8.87. The summed E-state index contributed by atoms with van der Waals surface area (Å²) >= 11 is 0. The van der Waals surface area contributed by atoms with E-state index in [1.54, 1.807) is 0 Å². The molecular formula is C12H19NO. The zero-order chi connectivity index (χ0) is 10.7. The van der Waals surface area contributed by atoms with E-state index in [9.17, 15) is 0 Å². The Morgan fingerprint density at radius 3 is 2.36 bits per heavy atom. The highest BCUT2D eigenvalue weighted by Gasteiger charge is 2.06. The van der Waals surface area contributed by atoms with Crippen LogP contribution in [0.1, 0.15) is 16.7 Å². The van der Waals surface area contributed by atoms with Gasteiger partial charge in [0.05, 0.1) is 6.61 Å². The number of likely N-dealkylation sites (N-methyl/N-ethyl adjacent to an activating group) is 1. The summed E-state index contributed by atoms with van der Waals surface area (Å²) in [5, 5.41) is 8.87. The third kappa shape index (κ3) is 2.07. The number of nitrogens with zero attached hydrogens (tertiary/aromatic N) is 1. The van der Waals surface area contributed by atoms with E-state index in [-0.39, 0.29) is 6.61 Å². The molecule has 1 aromatic rings. The average Bonchev–Trinajstić information content (AvgIpc) is 2.15. The van der Waals surface area contributed by atoms with Crippen molar-refractivity contribution in [2.45, 2.75) is 20.8 Å². The molecule has 0 bridgehead atoms. The summed E-state index contributed by atoms with van der Waals surface area (Å²) in [5.74, 6) is 0. The molecule has 2 nitrogen and oxygen atoms in total. The standard InChI is InChI=1S/C12H19NO/c1-9-5-6-12(11(3)10(9)2)13(4)7-8-14/h5-6,14H,7-8H2,1-4H3. The highest BCUT2D eigenvalue weighted by Crippen LogP contribution is 2.23. The molecule has 0 aliphatic carbocycles. The van der Waals surface area contributed by atoms with Crippen molar-refractivity contribution >= 4 is 5.69 Å². The minimum atomic E-state index is 0.197. The second-order valence-corrected chi connectivity index (χ2v) is 3.80. The maximum absolute atomic E-state index is 8.87. The first-order chi connectivity index (χ1) is 6.57. The molecular weight excluding hydrogens is 174 g/mol. The molecule has 0 aliphatic heterocycles. The van der Waals surface area contributed by atoms with Gasteiger partial charge in [-0.2, -0.15) is 0 Å². The zero-order valence-corrected chi connectivity index (χ0v) is 9.46. The van der Waals surface area contributed by atoms with Crippen molar-refractivity contribution in [1.82, 2.24) is 0 Å². The summed E-state index contributed by atoms with van der Waals surface area (Å²) < 4.78 is 0. The Bertz CT molecular complexity index is 320. The highest BCUT2D eigenvalue weighted by molar-refractivity contribution is 5.57. The first-order valence-corrected chi connectivity index (χ1v) is 4.96. The maximum Gasteiger partial charge on any atom is 0.0606 e. The third-order valence-electron chi connectivity index (χ3n) is 2.88. The van der Waals surface area contributed by atoms with E-state index in [0.29, 0.717) is 6.54 Å². The summed E-state index contributed by atoms with van der Waals surface area (Å²) in [6.07, 6.45) is 0. The van der Waals surface area contributed by atoms with Gasteiger partial charge >= 0.3 is 0 Å². The summed E-state index contributed by atoms with van der Waals surface area (Å²) in [5.41, 5.74) is 5.18. The SMILES string of the molecule is Cc1ccc(N(C)CCO)c(C)c1C. The van der Waals surface area contributed by atoms with Gasteiger partial charge in [-0.3, -0.25) is 0 Å². The lowest BCUT2D eigenvalue weighted by Crippen LogP contribution is -2.22. The Morgan fingerprint density at radius 2 is 1.79 bits per heavy atom. The minimum absolute atomic E-state index is 0.197. The van der Waals surface area contributed by atoms with E-state index in [1.807, 2.05) is 7.05 Å². The fourth-order valence-corrected chi connectivity index (χ4v) is 1.63. The van der Waals surface area contributed by atoms with Gasteiger partial charge in [0.1, 0.15) is 0 Å². The smallest absolute Gasteiger partial charge is 0.0606 e. The molecule has 2 heteroatoms. The fourth-order valence-electron chi connectivity index (χ4n) is 1.63. The Balaban J connectivity index is 3.04. The van der Waals surface area contributed by atoms with Gasteiger partial charge in [0, 0.05) is 19.3 Å². The fraction of sp³-hybridized carbons (Fsp3) is 0.500. The monoisotopic (exact) mass is 193 g/mol. The molecule has 0 unspecified atom stereocenters. The van der Waals surface area contributed by atoms with Crippen molar-refractivity contribution < 1.29 is 5.11 Å². The summed E-state index contributed by atoms with van der Waals surface area (Å²) in [4.78, 5) is 2.09. The van der Waals surface area contributed by atoms with Crippen molar-refractivity contribution in [1.29, 1.82) is 0 Å². The first-order valence-electron chi connectivity index (χ1n) is 4.96. The molecule has 0 heterocycles. The number of hydrogen-bond acceptors (Lipinski definition) is 2. The van der Waals surface area contributed by atoms with Gasteiger partial charge in [0.25, 0.3) is 0 Å². The van der Waals surface area contributed by atoms with Crippen LogP contribution in [0.4, 0.5) is 5.69 Å². The van der Waals surface area contributed by atoms with Crippen LogP contribution >= 0.6 is 0 Å². The molecule has 1 N–H and O–H groups in total. The number of aliphatic hydroxyl groups excluding tert-OH is 1. The van der Waals surface area contributed by atoms with Crippen LogP contribution in [0.2, 0.25) is 0 Å². The topological polar surface area (TPSA) is 23.5 Å². The van der Waals surface area contributed by atoms with E-state index in [1.165, 1.54) is 22.4 Å². The molecule has 1 aromatic carbocycles. The molecule has 0 spiro atoms. The van der Waals surface area contributed by atoms with Crippen LogP contribution in [0.15, 0.2) is 12.1 Å². The molecule has 0 fully saturated rings. The van der Waals surface area contributed by atoms with Crippen molar-refractivity contribution in [2.75, 3.05) is 25.1 Å². The quantitative estimate of drug-likeness (QED) is 0.794. The Hall–Kier alpha value is -1.02. The van der Waals surface area contributed by atoms with Crippen molar-refractivity contribution in [3.8, 4) is 0 Å². The van der Waals surface area contributed by atoms with Gasteiger partial charge in [0.2, 0.25) is 0 Å². The number of rotatable bonds is 3. The number of aliphatic hydroxyl groups is 1. The minimum Gasteiger partial charge on any atom is -0.395 e. The summed E-state index contributed by atoms with van der Waals surface area (Å²) in [7, 11) is 2.01. The number of anilines is 1. The lowest BCUT2D eigenvalue weighted by atomic mass is 10.0. The number of aryl methyl sites for hydroxylation is 1. The summed E-state index contributed by atoms with van der Waals surface area (Å²) in [6.45, 7) is 7.27. The van der Waals surface area contributed by atoms with E-state index >= 15 is 0 Å². The normalized spacial score (nSPS) is 10.4. The largest absolute Gasteiger partial charge is 0.395 e. The van der Waals surface area contributed by atoms with Gasteiger partial charge in [-0.1, -0.05) is 6.07 Å². The molecule has 0 atom stereocenters. The molecule has 0 aliphatic rings. The van der Waals surface area contributed by atoms with Gasteiger partial charge in [-0.05, 0) is 43.5 Å². The van der Waals surface area contributed by atoms with Crippen molar-refractivity contribution in [3.05, 3.63) is 28.8 Å². The van der Waals surface area contributed by atoms with E-state index in [4.69, 9.17) is 5.11 Å². The molecule has 14 heavy (non-hydrogen) atoms. The van der Waals surface area contributed by atoms with Gasteiger partial charge in [-0.15, -0.1) is 0 Å². The van der Waals surface area contributed by atoms with Crippen LogP contribution in [-0.2, 0) is 0 Å². The number of hydrogen-bond donors (Lipinski definition) is 1. The van der Waals surface area contributed by atoms with Crippen molar-refractivity contribution in [2.24, 2.45) is 0 Å². The van der Waals surface area contributed by atoms with Gasteiger partial charge < -0.3 is 10.0 Å². The molecule has 1 rings (SSSR count). The van der Waals surface area contributed by atoms with E-state index in [0.717, 1.165) is 0 Å². The van der Waals surface area contributed by atoms with Gasteiger partial charge in [0.15, 0.2) is 0 Å². The van der Waals surface area contributed by atoms with Crippen LogP contribution in [0, 0.1) is 20.8 Å². The third-order valence-corrected chi connectivity index (χ3v) is 2.88. The Morgan fingerprint density at radius 1 is 1.14 bits per heavy atom. The van der Waals surface area contributed by atoms with Crippen LogP contribution < -0.4 is 4.90 Å². The molecule has 0 saturated carbocycles. The molecule has 78 valence electrons. The predicted octanol–water partition coefficient (Wildman–Crippen LogP) is 2.04. The molecule has 0 radical (unpaired) electrons. The van der Waals surface area contributed by atoms with Crippen LogP contribution in [0.5, 0.6) is 0 Å². The van der Waals surface area contributed by atoms with E-state index < -0.39 is 0 Å². The van der Waals surface area contributed by atoms with Crippen LogP contribution in [0.3, 0.4) is 0 Å². The Labute approximate surface area is 86.2 Å². The molecule has 0 aromatic heterocycles. The first kappa shape index (κ1) is 11.1. The van der Waals surface area contributed by atoms with Crippen molar-refractivity contribution in [3.63, 3.8) is 0 Å². The lowest BCUT2D eigenvalue weighted by molar-refractivity contribution is 0.304. The van der Waals surface area contributed by atoms with Crippen LogP contribution in [-0.4, -0.2) is 25.3 Å².